The van der Waals surface area contributed by atoms with Gasteiger partial charge in [0.15, 0.2) is 0 Å². The smallest absolute Gasteiger partial charge is 0.253 e. The second kappa shape index (κ2) is 4.81. The van der Waals surface area contributed by atoms with Gasteiger partial charge in [-0.15, -0.1) is 0 Å². The molecule has 2 heterocycles. The van der Waals surface area contributed by atoms with E-state index in [0.29, 0.717) is 17.6 Å². The fourth-order valence-corrected chi connectivity index (χ4v) is 3.26. The number of benzene rings is 1. The van der Waals surface area contributed by atoms with Gasteiger partial charge >= 0.3 is 0 Å². The Kier molecular flexibility index (Phi) is 3.14. The Morgan fingerprint density at radius 3 is 3.00 bits per heavy atom. The summed E-state index contributed by atoms with van der Waals surface area (Å²) in [6.07, 6.45) is 2.37. The normalized spacial score (nSPS) is 26.3. The third-order valence-corrected chi connectivity index (χ3v) is 4.18. The molecule has 5 heteroatoms. The monoisotopic (exact) mass is 263 g/mol. The lowest BCUT2D eigenvalue weighted by Crippen LogP contribution is -2.40. The zero-order valence-corrected chi connectivity index (χ0v) is 10.7. The molecule has 2 saturated heterocycles. The summed E-state index contributed by atoms with van der Waals surface area (Å²) in [6, 6.07) is 5.13. The molecule has 0 unspecified atom stereocenters. The molecular weight excluding hydrogens is 245 g/mol. The molecule has 1 amide bonds. The van der Waals surface area contributed by atoms with Gasteiger partial charge in [0.1, 0.15) is 5.82 Å². The van der Waals surface area contributed by atoms with E-state index < -0.39 is 11.7 Å². The van der Waals surface area contributed by atoms with Gasteiger partial charge in [0.25, 0.3) is 5.91 Å². The van der Waals surface area contributed by atoms with Crippen molar-refractivity contribution in [1.29, 1.82) is 0 Å². The van der Waals surface area contributed by atoms with E-state index in [0.717, 1.165) is 19.6 Å². The first-order valence-electron chi connectivity index (χ1n) is 6.73. The number of fused-ring (bicyclic) bond motifs is 1. The van der Waals surface area contributed by atoms with Crippen LogP contribution < -0.4 is 16.0 Å². The first kappa shape index (κ1) is 12.4. The van der Waals surface area contributed by atoms with Crippen LogP contribution in [0, 0.1) is 11.7 Å². The molecule has 0 aromatic heterocycles. The number of anilines is 1. The number of hydrogen-bond donors (Lipinski definition) is 2. The van der Waals surface area contributed by atoms with Gasteiger partial charge in [-0.3, -0.25) is 4.79 Å². The van der Waals surface area contributed by atoms with Crippen LogP contribution in [0.15, 0.2) is 18.2 Å². The highest BCUT2D eigenvalue weighted by molar-refractivity contribution is 5.99. The number of primary amides is 1. The van der Waals surface area contributed by atoms with Crippen molar-refractivity contribution in [3.8, 4) is 0 Å². The lowest BCUT2D eigenvalue weighted by molar-refractivity contribution is 0.0997. The Morgan fingerprint density at radius 2 is 2.26 bits per heavy atom. The van der Waals surface area contributed by atoms with Crippen molar-refractivity contribution in [3.63, 3.8) is 0 Å². The molecule has 3 rings (SSSR count). The highest BCUT2D eigenvalue weighted by Gasteiger charge is 2.35. The van der Waals surface area contributed by atoms with Crippen LogP contribution in [0.25, 0.3) is 0 Å². The largest absolute Gasteiger partial charge is 0.369 e. The number of carbonyl (C=O) groups excluding carboxylic acids is 1. The van der Waals surface area contributed by atoms with Gasteiger partial charge in [-0.25, -0.2) is 4.39 Å². The van der Waals surface area contributed by atoms with Crippen LogP contribution in [0.2, 0.25) is 0 Å². The molecule has 19 heavy (non-hydrogen) atoms. The molecule has 102 valence electrons. The van der Waals surface area contributed by atoms with Crippen LogP contribution in [-0.4, -0.2) is 31.6 Å². The van der Waals surface area contributed by atoms with Crippen LogP contribution in [0.3, 0.4) is 0 Å². The number of nitrogens with one attached hydrogen (secondary N) is 1. The Morgan fingerprint density at radius 1 is 1.42 bits per heavy atom. The van der Waals surface area contributed by atoms with E-state index in [2.05, 4.69) is 10.2 Å². The van der Waals surface area contributed by atoms with E-state index >= 15 is 0 Å². The molecule has 0 spiro atoms. The third kappa shape index (κ3) is 2.18. The van der Waals surface area contributed by atoms with Crippen LogP contribution in [0.1, 0.15) is 23.2 Å². The number of rotatable bonds is 2. The number of halogens is 1. The summed E-state index contributed by atoms with van der Waals surface area (Å²) in [7, 11) is 0. The summed E-state index contributed by atoms with van der Waals surface area (Å²) in [5, 5.41) is 3.49. The maximum absolute atomic E-state index is 13.8. The standard InChI is InChI=1S/C14H18FN3O/c15-10-4-1-5-12(13(10)14(16)19)18-7-9-3-2-6-17-11(9)8-18/h1,4-5,9,11,17H,2-3,6-8H2,(H2,16,19)/t9-,11+/m0/s1. The summed E-state index contributed by atoms with van der Waals surface area (Å²) < 4.78 is 13.8. The molecule has 2 atom stereocenters. The van der Waals surface area contributed by atoms with Crippen LogP contribution in [0.4, 0.5) is 10.1 Å². The topological polar surface area (TPSA) is 58.4 Å². The van der Waals surface area contributed by atoms with Gasteiger partial charge in [0, 0.05) is 19.1 Å². The van der Waals surface area contributed by atoms with Gasteiger partial charge < -0.3 is 16.0 Å². The highest BCUT2D eigenvalue weighted by Crippen LogP contribution is 2.31. The van der Waals surface area contributed by atoms with Crippen LogP contribution in [0.5, 0.6) is 0 Å². The molecule has 2 aliphatic rings. The quantitative estimate of drug-likeness (QED) is 0.840. The van der Waals surface area contributed by atoms with Crippen molar-refractivity contribution in [2.75, 3.05) is 24.5 Å². The summed E-state index contributed by atoms with van der Waals surface area (Å²) in [6.45, 7) is 2.72. The molecule has 3 N–H and O–H groups in total. The minimum Gasteiger partial charge on any atom is -0.369 e. The summed E-state index contributed by atoms with van der Waals surface area (Å²) in [4.78, 5) is 13.5. The van der Waals surface area contributed by atoms with E-state index in [4.69, 9.17) is 5.73 Å². The maximum Gasteiger partial charge on any atom is 0.253 e. The average Bonchev–Trinajstić information content (AvgIpc) is 2.81. The third-order valence-electron chi connectivity index (χ3n) is 4.18. The van der Waals surface area contributed by atoms with Gasteiger partial charge in [-0.05, 0) is 37.4 Å². The van der Waals surface area contributed by atoms with E-state index in [1.165, 1.54) is 18.9 Å². The number of piperidine rings is 1. The minimum absolute atomic E-state index is 0.0150. The van der Waals surface area contributed by atoms with Crippen molar-refractivity contribution >= 4 is 11.6 Å². The van der Waals surface area contributed by atoms with Crippen LogP contribution in [-0.2, 0) is 0 Å². The zero-order chi connectivity index (χ0) is 13.4. The van der Waals surface area contributed by atoms with Gasteiger partial charge in [0.05, 0.1) is 11.3 Å². The SMILES string of the molecule is NC(=O)c1c(F)cccc1N1C[C@@H]2CCCN[C@@H]2C1. The van der Waals surface area contributed by atoms with E-state index in [-0.39, 0.29) is 5.56 Å². The molecule has 2 fully saturated rings. The predicted molar refractivity (Wildman–Crippen MR) is 71.6 cm³/mol. The minimum atomic E-state index is -0.698. The fourth-order valence-electron chi connectivity index (χ4n) is 3.26. The van der Waals surface area contributed by atoms with Crippen molar-refractivity contribution in [3.05, 3.63) is 29.6 Å². The Bertz CT molecular complexity index is 491. The second-order valence-electron chi connectivity index (χ2n) is 5.37. The first-order chi connectivity index (χ1) is 9.16. The molecule has 0 bridgehead atoms. The fraction of sp³-hybridized carbons (Fsp3) is 0.500. The molecule has 4 nitrogen and oxygen atoms in total. The maximum atomic E-state index is 13.8. The van der Waals surface area contributed by atoms with E-state index in [1.54, 1.807) is 12.1 Å². The number of amides is 1. The van der Waals surface area contributed by atoms with Crippen molar-refractivity contribution in [1.82, 2.24) is 5.32 Å². The molecular formula is C14H18FN3O. The van der Waals surface area contributed by atoms with Crippen molar-refractivity contribution in [2.24, 2.45) is 11.7 Å². The van der Waals surface area contributed by atoms with E-state index in [1.807, 2.05) is 0 Å². The number of hydrogen-bond acceptors (Lipinski definition) is 3. The van der Waals surface area contributed by atoms with Crippen molar-refractivity contribution in [2.45, 2.75) is 18.9 Å². The number of carbonyl (C=O) groups is 1. The summed E-state index contributed by atoms with van der Waals surface area (Å²) in [5.74, 6) is -0.651. The molecule has 1 aromatic carbocycles. The molecule has 0 saturated carbocycles. The van der Waals surface area contributed by atoms with Crippen LogP contribution >= 0.6 is 0 Å². The molecule has 0 radical (unpaired) electrons. The predicted octanol–water partition coefficient (Wildman–Crippen LogP) is 1.11. The van der Waals surface area contributed by atoms with Crippen molar-refractivity contribution < 1.29 is 9.18 Å². The first-order valence-corrected chi connectivity index (χ1v) is 6.73. The molecule has 2 aliphatic heterocycles. The lowest BCUT2D eigenvalue weighted by atomic mass is 9.94. The Labute approximate surface area is 111 Å². The van der Waals surface area contributed by atoms with Gasteiger partial charge in [-0.1, -0.05) is 6.07 Å². The average molecular weight is 263 g/mol. The second-order valence-corrected chi connectivity index (χ2v) is 5.37. The Balaban J connectivity index is 1.91. The molecule has 0 aliphatic carbocycles. The number of nitrogens with zero attached hydrogens (tertiary/aromatic N) is 1. The highest BCUT2D eigenvalue weighted by atomic mass is 19.1. The summed E-state index contributed by atoms with van der Waals surface area (Å²) in [5.41, 5.74) is 5.95. The zero-order valence-electron chi connectivity index (χ0n) is 10.7. The number of nitrogens with two attached hydrogens (primary N) is 1. The van der Waals surface area contributed by atoms with Gasteiger partial charge in [0.2, 0.25) is 0 Å². The summed E-state index contributed by atoms with van der Waals surface area (Å²) >= 11 is 0. The Hall–Kier alpha value is -1.62. The molecule has 1 aromatic rings. The lowest BCUT2D eigenvalue weighted by Gasteiger charge is -2.24. The van der Waals surface area contributed by atoms with E-state index in [9.17, 15) is 9.18 Å². The van der Waals surface area contributed by atoms with Gasteiger partial charge in [-0.2, -0.15) is 0 Å².